The van der Waals surface area contributed by atoms with Crippen molar-refractivity contribution in [3.63, 3.8) is 0 Å². The van der Waals surface area contributed by atoms with Crippen LogP contribution in [0, 0.1) is 0 Å². The summed E-state index contributed by atoms with van der Waals surface area (Å²) in [6.07, 6.45) is 5.28. The molecule has 2 aromatic heterocycles. The first kappa shape index (κ1) is 13.3. The summed E-state index contributed by atoms with van der Waals surface area (Å²) in [4.78, 5) is 13.2. The summed E-state index contributed by atoms with van der Waals surface area (Å²) < 4.78 is 5.90. The fourth-order valence-corrected chi connectivity index (χ4v) is 2.92. The molecule has 3 heterocycles. The Labute approximate surface area is 129 Å². The van der Waals surface area contributed by atoms with Crippen LogP contribution in [-0.2, 0) is 6.54 Å². The van der Waals surface area contributed by atoms with Crippen molar-refractivity contribution in [2.24, 2.45) is 0 Å². The maximum Gasteiger partial charge on any atom is 0.147 e. The van der Waals surface area contributed by atoms with Crippen molar-refractivity contribution in [3.05, 3.63) is 54.7 Å². The van der Waals surface area contributed by atoms with Crippen LogP contribution in [0.5, 0.6) is 0 Å². The van der Waals surface area contributed by atoms with Gasteiger partial charge in [-0.1, -0.05) is 18.2 Å². The second-order valence-electron chi connectivity index (χ2n) is 5.58. The smallest absolute Gasteiger partial charge is 0.147 e. The van der Waals surface area contributed by atoms with Crippen molar-refractivity contribution in [2.45, 2.75) is 6.54 Å². The van der Waals surface area contributed by atoms with Crippen molar-refractivity contribution in [2.75, 3.05) is 31.1 Å². The predicted octanol–water partition coefficient (Wildman–Crippen LogP) is 2.55. The molecule has 1 fully saturated rings. The second kappa shape index (κ2) is 5.77. The van der Waals surface area contributed by atoms with E-state index in [4.69, 9.17) is 4.42 Å². The molecule has 1 aliphatic heterocycles. The van der Waals surface area contributed by atoms with Crippen LogP contribution in [-0.4, -0.2) is 41.0 Å². The van der Waals surface area contributed by atoms with Gasteiger partial charge in [0, 0.05) is 44.0 Å². The van der Waals surface area contributed by atoms with Gasteiger partial charge < -0.3 is 9.32 Å². The normalized spacial score (nSPS) is 16.3. The maximum absolute atomic E-state index is 5.90. The topological polar surface area (TPSA) is 45.4 Å². The minimum Gasteiger partial charge on any atom is -0.460 e. The molecular weight excluding hydrogens is 276 g/mol. The van der Waals surface area contributed by atoms with Crippen LogP contribution in [0.15, 0.2) is 53.3 Å². The molecule has 22 heavy (non-hydrogen) atoms. The third-order valence-corrected chi connectivity index (χ3v) is 4.10. The van der Waals surface area contributed by atoms with Gasteiger partial charge in [-0.3, -0.25) is 9.88 Å². The van der Waals surface area contributed by atoms with Gasteiger partial charge in [0.15, 0.2) is 0 Å². The Hall–Kier alpha value is -2.40. The summed E-state index contributed by atoms with van der Waals surface area (Å²) in [6.45, 7) is 4.82. The minimum absolute atomic E-state index is 0.864. The average molecular weight is 294 g/mol. The molecule has 1 aromatic carbocycles. The van der Waals surface area contributed by atoms with E-state index >= 15 is 0 Å². The number of para-hydroxylation sites is 1. The summed E-state index contributed by atoms with van der Waals surface area (Å²) in [6, 6.07) is 10.3. The standard InChI is InChI=1S/C17H18N4O/c1-2-4-16-14(3-1)11-15(22-16)13-20-7-9-21(10-8-20)17-12-18-5-6-19-17/h1-6,11-12H,7-10,13H2. The van der Waals surface area contributed by atoms with Crippen LogP contribution >= 0.6 is 0 Å². The lowest BCUT2D eigenvalue weighted by molar-refractivity contribution is 0.232. The quantitative estimate of drug-likeness (QED) is 0.743. The zero-order valence-electron chi connectivity index (χ0n) is 12.4. The summed E-state index contributed by atoms with van der Waals surface area (Å²) in [5.41, 5.74) is 0.968. The third kappa shape index (κ3) is 2.67. The van der Waals surface area contributed by atoms with Gasteiger partial charge in [0.2, 0.25) is 0 Å². The second-order valence-corrected chi connectivity index (χ2v) is 5.58. The number of nitrogens with zero attached hydrogens (tertiary/aromatic N) is 4. The van der Waals surface area contributed by atoms with Crippen molar-refractivity contribution < 1.29 is 4.42 Å². The molecule has 1 saturated heterocycles. The van der Waals surface area contributed by atoms with Crippen LogP contribution < -0.4 is 4.90 Å². The zero-order chi connectivity index (χ0) is 14.8. The van der Waals surface area contributed by atoms with Gasteiger partial charge in [-0.15, -0.1) is 0 Å². The van der Waals surface area contributed by atoms with Gasteiger partial charge in [0.05, 0.1) is 12.7 Å². The molecular formula is C17H18N4O. The van der Waals surface area contributed by atoms with E-state index in [1.54, 1.807) is 12.4 Å². The summed E-state index contributed by atoms with van der Waals surface area (Å²) in [5, 5.41) is 1.18. The molecule has 4 rings (SSSR count). The predicted molar refractivity (Wildman–Crippen MR) is 85.7 cm³/mol. The van der Waals surface area contributed by atoms with Crippen LogP contribution in [0.3, 0.4) is 0 Å². The van der Waals surface area contributed by atoms with Crippen LogP contribution in [0.2, 0.25) is 0 Å². The molecule has 0 saturated carbocycles. The van der Waals surface area contributed by atoms with E-state index < -0.39 is 0 Å². The maximum atomic E-state index is 5.90. The first-order valence-electron chi connectivity index (χ1n) is 7.59. The van der Waals surface area contributed by atoms with Crippen molar-refractivity contribution in [1.82, 2.24) is 14.9 Å². The van der Waals surface area contributed by atoms with Crippen molar-refractivity contribution >= 4 is 16.8 Å². The number of fused-ring (bicyclic) bond motifs is 1. The molecule has 0 amide bonds. The molecule has 112 valence electrons. The van der Waals surface area contributed by atoms with E-state index in [9.17, 15) is 0 Å². The van der Waals surface area contributed by atoms with E-state index in [1.807, 2.05) is 24.4 Å². The number of rotatable bonds is 3. The highest BCUT2D eigenvalue weighted by Gasteiger charge is 2.19. The number of benzene rings is 1. The van der Waals surface area contributed by atoms with Crippen LogP contribution in [0.25, 0.3) is 11.0 Å². The average Bonchev–Trinajstić information content (AvgIpc) is 2.98. The number of furan rings is 1. The first-order chi connectivity index (χ1) is 10.9. The van der Waals surface area contributed by atoms with Crippen LogP contribution in [0.1, 0.15) is 5.76 Å². The van der Waals surface area contributed by atoms with E-state index in [0.29, 0.717) is 0 Å². The number of aromatic nitrogens is 2. The molecule has 0 radical (unpaired) electrons. The number of piperazine rings is 1. The molecule has 3 aromatic rings. The number of hydrogen-bond acceptors (Lipinski definition) is 5. The Morgan fingerprint density at radius 2 is 1.91 bits per heavy atom. The van der Waals surface area contributed by atoms with Crippen molar-refractivity contribution in [1.29, 1.82) is 0 Å². The van der Waals surface area contributed by atoms with E-state index in [1.165, 1.54) is 5.39 Å². The van der Waals surface area contributed by atoms with Crippen molar-refractivity contribution in [3.8, 4) is 0 Å². The first-order valence-corrected chi connectivity index (χ1v) is 7.59. The highest BCUT2D eigenvalue weighted by Crippen LogP contribution is 2.21. The number of hydrogen-bond donors (Lipinski definition) is 0. The largest absolute Gasteiger partial charge is 0.460 e. The molecule has 0 N–H and O–H groups in total. The van der Waals surface area contributed by atoms with E-state index in [-0.39, 0.29) is 0 Å². The molecule has 5 heteroatoms. The summed E-state index contributed by atoms with van der Waals surface area (Å²) >= 11 is 0. The summed E-state index contributed by atoms with van der Waals surface area (Å²) in [7, 11) is 0. The van der Waals surface area contributed by atoms with Gasteiger partial charge in [-0.05, 0) is 12.1 Å². The lowest BCUT2D eigenvalue weighted by atomic mass is 10.2. The Kier molecular flexibility index (Phi) is 3.48. The summed E-state index contributed by atoms with van der Waals surface area (Å²) in [5.74, 6) is 2.00. The Morgan fingerprint density at radius 1 is 1.05 bits per heavy atom. The fourth-order valence-electron chi connectivity index (χ4n) is 2.92. The van der Waals surface area contributed by atoms with Gasteiger partial charge in [0.1, 0.15) is 17.2 Å². The molecule has 1 aliphatic rings. The molecule has 0 bridgehead atoms. The van der Waals surface area contributed by atoms with Gasteiger partial charge in [0.25, 0.3) is 0 Å². The highest BCUT2D eigenvalue weighted by atomic mass is 16.3. The molecule has 0 spiro atoms. The monoisotopic (exact) mass is 294 g/mol. The fraction of sp³-hybridized carbons (Fsp3) is 0.294. The molecule has 0 aliphatic carbocycles. The Morgan fingerprint density at radius 3 is 2.68 bits per heavy atom. The van der Waals surface area contributed by atoms with E-state index in [0.717, 1.165) is 49.9 Å². The SMILES string of the molecule is c1ccc2oc(CN3CCN(c4cnccn4)CC3)cc2c1. The molecule has 0 unspecified atom stereocenters. The minimum atomic E-state index is 0.864. The third-order valence-electron chi connectivity index (χ3n) is 4.10. The van der Waals surface area contributed by atoms with Gasteiger partial charge >= 0.3 is 0 Å². The van der Waals surface area contributed by atoms with Gasteiger partial charge in [-0.25, -0.2) is 4.98 Å². The lowest BCUT2D eigenvalue weighted by Gasteiger charge is -2.34. The lowest BCUT2D eigenvalue weighted by Crippen LogP contribution is -2.46. The molecule has 5 nitrogen and oxygen atoms in total. The Bertz CT molecular complexity index is 714. The zero-order valence-corrected chi connectivity index (χ0v) is 12.4. The van der Waals surface area contributed by atoms with E-state index in [2.05, 4.69) is 31.9 Å². The molecule has 0 atom stereocenters. The Balaban J connectivity index is 1.39. The van der Waals surface area contributed by atoms with Crippen LogP contribution in [0.4, 0.5) is 5.82 Å². The van der Waals surface area contributed by atoms with Gasteiger partial charge in [-0.2, -0.15) is 0 Å². The highest BCUT2D eigenvalue weighted by molar-refractivity contribution is 5.77. The number of anilines is 1.